The second-order valence-corrected chi connectivity index (χ2v) is 5.39. The predicted octanol–water partition coefficient (Wildman–Crippen LogP) is 4.15. The molecule has 0 radical (unpaired) electrons. The first kappa shape index (κ1) is 13.6. The van der Waals surface area contributed by atoms with Gasteiger partial charge in [0.1, 0.15) is 11.5 Å². The van der Waals surface area contributed by atoms with Crippen molar-refractivity contribution in [2.24, 2.45) is 4.99 Å². The number of nitrogens with zero attached hydrogens (tertiary/aromatic N) is 2. The SMILES string of the molecule is CCOc1ccc2nc(/N=C/c3ccccc3O)sc2c1. The van der Waals surface area contributed by atoms with E-state index in [2.05, 4.69) is 9.98 Å². The van der Waals surface area contributed by atoms with Crippen LogP contribution in [0.15, 0.2) is 47.5 Å². The summed E-state index contributed by atoms with van der Waals surface area (Å²) in [5.74, 6) is 1.05. The van der Waals surface area contributed by atoms with E-state index in [-0.39, 0.29) is 5.75 Å². The summed E-state index contributed by atoms with van der Waals surface area (Å²) in [6.07, 6.45) is 1.62. The van der Waals surface area contributed by atoms with Crippen LogP contribution in [0.1, 0.15) is 12.5 Å². The smallest absolute Gasteiger partial charge is 0.210 e. The molecule has 0 amide bonds. The lowest BCUT2D eigenvalue weighted by atomic mass is 10.2. The normalized spacial score (nSPS) is 11.3. The molecule has 1 N–H and O–H groups in total. The van der Waals surface area contributed by atoms with E-state index in [1.165, 1.54) is 11.3 Å². The number of fused-ring (bicyclic) bond motifs is 1. The van der Waals surface area contributed by atoms with E-state index in [9.17, 15) is 5.11 Å². The first-order valence-corrected chi connectivity index (χ1v) is 7.43. The maximum absolute atomic E-state index is 9.70. The molecule has 0 aliphatic rings. The highest BCUT2D eigenvalue weighted by Gasteiger charge is 2.04. The van der Waals surface area contributed by atoms with Crippen LogP contribution in [0.2, 0.25) is 0 Å². The Hall–Kier alpha value is -2.40. The van der Waals surface area contributed by atoms with Crippen molar-refractivity contribution < 1.29 is 9.84 Å². The number of phenolic OH excluding ortho intramolecular Hbond substituents is 1. The third-order valence-electron chi connectivity index (χ3n) is 2.91. The minimum Gasteiger partial charge on any atom is -0.507 e. The summed E-state index contributed by atoms with van der Waals surface area (Å²) in [7, 11) is 0. The summed E-state index contributed by atoms with van der Waals surface area (Å²) in [6.45, 7) is 2.60. The highest BCUT2D eigenvalue weighted by molar-refractivity contribution is 7.22. The fourth-order valence-electron chi connectivity index (χ4n) is 1.93. The number of ether oxygens (including phenoxy) is 1. The number of benzene rings is 2. The van der Waals surface area contributed by atoms with E-state index in [4.69, 9.17) is 4.74 Å². The molecule has 0 saturated carbocycles. The largest absolute Gasteiger partial charge is 0.507 e. The number of hydrogen-bond acceptors (Lipinski definition) is 5. The number of aromatic nitrogens is 1. The van der Waals surface area contributed by atoms with Crippen molar-refractivity contribution in [1.82, 2.24) is 4.98 Å². The van der Waals surface area contributed by atoms with Gasteiger partial charge in [0.25, 0.3) is 0 Å². The van der Waals surface area contributed by atoms with Gasteiger partial charge in [-0.15, -0.1) is 0 Å². The van der Waals surface area contributed by atoms with Gasteiger partial charge in [-0.2, -0.15) is 0 Å². The van der Waals surface area contributed by atoms with Gasteiger partial charge in [0.2, 0.25) is 5.13 Å². The van der Waals surface area contributed by atoms with Crippen LogP contribution in [-0.4, -0.2) is 22.9 Å². The fraction of sp³-hybridized carbons (Fsp3) is 0.125. The quantitative estimate of drug-likeness (QED) is 0.736. The lowest BCUT2D eigenvalue weighted by Gasteiger charge is -2.00. The van der Waals surface area contributed by atoms with Gasteiger partial charge in [0.05, 0.1) is 16.8 Å². The van der Waals surface area contributed by atoms with Crippen molar-refractivity contribution in [3.05, 3.63) is 48.0 Å². The van der Waals surface area contributed by atoms with Gasteiger partial charge in [0, 0.05) is 11.8 Å². The Kier molecular flexibility index (Phi) is 3.83. The number of phenols is 1. The molecule has 0 spiro atoms. The monoisotopic (exact) mass is 298 g/mol. The van der Waals surface area contributed by atoms with Crippen LogP contribution in [0.4, 0.5) is 5.13 Å². The lowest BCUT2D eigenvalue weighted by molar-refractivity contribution is 0.341. The topological polar surface area (TPSA) is 54.7 Å². The zero-order chi connectivity index (χ0) is 14.7. The molecule has 5 heteroatoms. The van der Waals surface area contributed by atoms with Crippen molar-refractivity contribution >= 4 is 32.9 Å². The standard InChI is InChI=1S/C16H14N2O2S/c1-2-20-12-7-8-13-15(9-12)21-16(18-13)17-10-11-5-3-4-6-14(11)19/h3-10,19H,2H2,1H3/b17-10+. The van der Waals surface area contributed by atoms with Gasteiger partial charge in [-0.3, -0.25) is 0 Å². The number of aromatic hydroxyl groups is 1. The summed E-state index contributed by atoms with van der Waals surface area (Å²) in [6, 6.07) is 12.9. The van der Waals surface area contributed by atoms with Gasteiger partial charge >= 0.3 is 0 Å². The van der Waals surface area contributed by atoms with E-state index >= 15 is 0 Å². The number of hydrogen-bond donors (Lipinski definition) is 1. The molecular formula is C16H14N2O2S. The fourth-order valence-corrected chi connectivity index (χ4v) is 2.77. The molecule has 0 aliphatic carbocycles. The van der Waals surface area contributed by atoms with Crippen molar-refractivity contribution in [2.45, 2.75) is 6.92 Å². The van der Waals surface area contributed by atoms with Gasteiger partial charge in [-0.25, -0.2) is 9.98 Å². The molecule has 0 bridgehead atoms. The zero-order valence-corrected chi connectivity index (χ0v) is 12.3. The molecule has 4 nitrogen and oxygen atoms in total. The van der Waals surface area contributed by atoms with Crippen LogP contribution in [0, 0.1) is 0 Å². The van der Waals surface area contributed by atoms with Crippen molar-refractivity contribution in [2.75, 3.05) is 6.61 Å². The van der Waals surface area contributed by atoms with Gasteiger partial charge < -0.3 is 9.84 Å². The average molecular weight is 298 g/mol. The van der Waals surface area contributed by atoms with E-state index in [0.29, 0.717) is 17.3 Å². The second kappa shape index (κ2) is 5.93. The molecule has 3 rings (SSSR count). The minimum atomic E-state index is 0.209. The summed E-state index contributed by atoms with van der Waals surface area (Å²) in [4.78, 5) is 8.77. The van der Waals surface area contributed by atoms with E-state index in [1.807, 2.05) is 31.2 Å². The van der Waals surface area contributed by atoms with Gasteiger partial charge in [-0.1, -0.05) is 23.5 Å². The highest BCUT2D eigenvalue weighted by Crippen LogP contribution is 2.31. The van der Waals surface area contributed by atoms with Crippen molar-refractivity contribution in [1.29, 1.82) is 0 Å². The summed E-state index contributed by atoms with van der Waals surface area (Å²) >= 11 is 1.49. The first-order valence-electron chi connectivity index (χ1n) is 6.61. The van der Waals surface area contributed by atoms with Gasteiger partial charge in [-0.05, 0) is 37.3 Å². The Labute approximate surface area is 126 Å². The maximum Gasteiger partial charge on any atom is 0.210 e. The Balaban J connectivity index is 1.89. The zero-order valence-electron chi connectivity index (χ0n) is 11.5. The van der Waals surface area contributed by atoms with Crippen LogP contribution in [0.5, 0.6) is 11.5 Å². The number of thiazole rings is 1. The molecule has 0 atom stereocenters. The number of aliphatic imine (C=N–C) groups is 1. The van der Waals surface area contributed by atoms with E-state index in [0.717, 1.165) is 16.0 Å². The Morgan fingerprint density at radius 2 is 2.14 bits per heavy atom. The Bertz CT molecular complexity index is 796. The molecule has 0 unspecified atom stereocenters. The maximum atomic E-state index is 9.70. The molecule has 0 fully saturated rings. The minimum absolute atomic E-state index is 0.209. The van der Waals surface area contributed by atoms with Crippen molar-refractivity contribution in [3.63, 3.8) is 0 Å². The van der Waals surface area contributed by atoms with E-state index < -0.39 is 0 Å². The molecule has 3 aromatic rings. The molecule has 106 valence electrons. The predicted molar refractivity (Wildman–Crippen MR) is 86.1 cm³/mol. The second-order valence-electron chi connectivity index (χ2n) is 4.38. The van der Waals surface area contributed by atoms with E-state index in [1.54, 1.807) is 24.4 Å². The van der Waals surface area contributed by atoms with Crippen LogP contribution >= 0.6 is 11.3 Å². The molecule has 1 heterocycles. The third-order valence-corrected chi connectivity index (χ3v) is 3.84. The molecule has 21 heavy (non-hydrogen) atoms. The number of para-hydroxylation sites is 1. The third kappa shape index (κ3) is 3.03. The summed E-state index contributed by atoms with van der Waals surface area (Å²) in [5, 5.41) is 10.4. The van der Waals surface area contributed by atoms with Crippen molar-refractivity contribution in [3.8, 4) is 11.5 Å². The lowest BCUT2D eigenvalue weighted by Crippen LogP contribution is -1.89. The molecule has 2 aromatic carbocycles. The first-order chi connectivity index (χ1) is 10.3. The van der Waals surface area contributed by atoms with Crippen LogP contribution in [0.3, 0.4) is 0 Å². The van der Waals surface area contributed by atoms with Crippen LogP contribution < -0.4 is 4.74 Å². The van der Waals surface area contributed by atoms with Crippen LogP contribution in [0.25, 0.3) is 10.2 Å². The number of rotatable bonds is 4. The Morgan fingerprint density at radius 1 is 1.29 bits per heavy atom. The molecule has 0 aliphatic heterocycles. The molecule has 0 saturated heterocycles. The van der Waals surface area contributed by atoms with Crippen LogP contribution in [-0.2, 0) is 0 Å². The summed E-state index contributed by atoms with van der Waals surface area (Å²) in [5.41, 5.74) is 1.57. The highest BCUT2D eigenvalue weighted by atomic mass is 32.1. The summed E-state index contributed by atoms with van der Waals surface area (Å²) < 4.78 is 6.51. The van der Waals surface area contributed by atoms with Gasteiger partial charge in [0.15, 0.2) is 0 Å². The molecular weight excluding hydrogens is 284 g/mol. The Morgan fingerprint density at radius 3 is 2.95 bits per heavy atom. The molecule has 1 aromatic heterocycles. The average Bonchev–Trinajstić information content (AvgIpc) is 2.89.